The second kappa shape index (κ2) is 18.7. The maximum Gasteiger partial charge on any atom is 0.124 e. The second-order valence-corrected chi connectivity index (χ2v) is 22.3. The van der Waals surface area contributed by atoms with Gasteiger partial charge in [-0.05, 0) is 166 Å². The van der Waals surface area contributed by atoms with Crippen LogP contribution in [0.1, 0.15) is 41.5 Å². The fraction of sp³-hybridized carbons (Fsp3) is 0.0938. The first-order valence-electron chi connectivity index (χ1n) is 24.6. The molecule has 0 spiro atoms. The third-order valence-corrected chi connectivity index (χ3v) is 18.9. The van der Waals surface area contributed by atoms with Crippen molar-refractivity contribution in [3.63, 3.8) is 0 Å². The molecule has 8 aromatic carbocycles. The monoisotopic (exact) mass is 1000 g/mol. The first-order valence-corrected chi connectivity index (χ1v) is 28.7. The van der Waals surface area contributed by atoms with Gasteiger partial charge in [0, 0.05) is 98.5 Å². The molecule has 71 heavy (non-hydrogen) atoms. The highest BCUT2D eigenvalue weighted by Gasteiger charge is 2.16. The molecule has 7 aromatic heterocycles. The third-order valence-electron chi connectivity index (χ3n) is 13.2. The Labute approximate surface area is 432 Å². The van der Waals surface area contributed by atoms with Gasteiger partial charge in [0.1, 0.15) is 4.83 Å². The molecule has 0 radical (unpaired) electrons. The van der Waals surface area contributed by atoms with Crippen LogP contribution in [0.5, 0.6) is 0 Å². The van der Waals surface area contributed by atoms with E-state index in [-0.39, 0.29) is 0 Å². The zero-order valence-corrected chi connectivity index (χ0v) is 44.3. The Morgan fingerprint density at radius 2 is 0.507 bits per heavy atom. The van der Waals surface area contributed by atoms with Crippen molar-refractivity contribution in [1.29, 1.82) is 0 Å². The van der Waals surface area contributed by atoms with E-state index in [2.05, 4.69) is 163 Å². The van der Waals surface area contributed by atoms with Crippen molar-refractivity contribution < 1.29 is 0 Å². The molecule has 2 nitrogen and oxygen atoms in total. The lowest BCUT2D eigenvalue weighted by Gasteiger charge is -2.06. The standard InChI is InChI=1S/C58H30N2S5.3C2H6/c1-3-39-40-23-31(11-19-54(40)65-58(39)60-22-1)32-5-13-48-41(24-32)42-25-33(6-14-49(42)61-48)34-7-15-50-43(26-34)44-27-35(8-16-51(44)62-50)36-9-17-52-45(28-36)46-29-37(10-18-53(46)63-52)38-12-20-55-47(30-38)57-56(64-55)4-2-21-59-57;3*1-2/h1-30H;3*1-2H3. The Morgan fingerprint density at radius 3 is 0.873 bits per heavy atom. The van der Waals surface area contributed by atoms with Crippen LogP contribution >= 0.6 is 56.7 Å². The van der Waals surface area contributed by atoms with Gasteiger partial charge < -0.3 is 0 Å². The molecule has 0 amide bonds. The summed E-state index contributed by atoms with van der Waals surface area (Å²) >= 11 is 9.21. The molecule has 15 aromatic rings. The Hall–Kier alpha value is -6.84. The highest BCUT2D eigenvalue weighted by molar-refractivity contribution is 7.27. The van der Waals surface area contributed by atoms with Gasteiger partial charge in [0.05, 0.1) is 10.2 Å². The van der Waals surface area contributed by atoms with Crippen molar-refractivity contribution in [2.24, 2.45) is 0 Å². The summed E-state index contributed by atoms with van der Waals surface area (Å²) in [4.78, 5) is 10.4. The van der Waals surface area contributed by atoms with Gasteiger partial charge >= 0.3 is 0 Å². The maximum atomic E-state index is 4.73. The molecule has 0 aliphatic rings. The van der Waals surface area contributed by atoms with E-state index < -0.39 is 0 Å². The zero-order valence-electron chi connectivity index (χ0n) is 40.3. The summed E-state index contributed by atoms with van der Waals surface area (Å²) in [5.74, 6) is 0. The highest BCUT2D eigenvalue weighted by atomic mass is 32.1. The molecular formula is C64H48N2S5. The summed E-state index contributed by atoms with van der Waals surface area (Å²) in [5.41, 5.74) is 11.0. The van der Waals surface area contributed by atoms with Crippen LogP contribution in [-0.4, -0.2) is 9.97 Å². The number of rotatable bonds is 4. The van der Waals surface area contributed by atoms with Crippen molar-refractivity contribution >= 4 is 158 Å². The van der Waals surface area contributed by atoms with Crippen LogP contribution in [-0.2, 0) is 0 Å². The van der Waals surface area contributed by atoms with Gasteiger partial charge in [0.2, 0.25) is 0 Å². The number of thiophene rings is 5. The van der Waals surface area contributed by atoms with Gasteiger partial charge in [-0.3, -0.25) is 4.98 Å². The number of benzene rings is 8. The summed E-state index contributed by atoms with van der Waals surface area (Å²) in [6.07, 6.45) is 3.78. The third kappa shape index (κ3) is 7.70. The minimum absolute atomic E-state index is 1.09. The summed E-state index contributed by atoms with van der Waals surface area (Å²) in [6, 6.07) is 64.1. The van der Waals surface area contributed by atoms with Gasteiger partial charge in [0.25, 0.3) is 0 Å². The van der Waals surface area contributed by atoms with Gasteiger partial charge in [-0.25, -0.2) is 4.98 Å². The molecule has 344 valence electrons. The van der Waals surface area contributed by atoms with Crippen molar-refractivity contribution in [2.75, 3.05) is 0 Å². The Bertz CT molecular complexity index is 4220. The summed E-state index contributed by atoms with van der Waals surface area (Å²) in [7, 11) is 0. The molecule has 0 unspecified atom stereocenters. The summed E-state index contributed by atoms with van der Waals surface area (Å²) in [6.45, 7) is 12.0. The highest BCUT2D eigenvalue weighted by Crippen LogP contribution is 2.45. The number of fused-ring (bicyclic) bond motifs is 15. The predicted octanol–water partition coefficient (Wildman–Crippen LogP) is 22.1. The lowest BCUT2D eigenvalue weighted by molar-refractivity contribution is 1.44. The van der Waals surface area contributed by atoms with Crippen LogP contribution in [0.15, 0.2) is 182 Å². The average molecular weight is 1010 g/mol. The van der Waals surface area contributed by atoms with Crippen molar-refractivity contribution in [1.82, 2.24) is 9.97 Å². The SMILES string of the molecule is CC.CC.CC.c1cnc2c(c1)sc1ccc(-c3ccc4sc5ccc(-c6ccc7sc8ccc(-c9ccc%10sc%11ccc(-c%12ccc%13sc%14ncccc%14c%13c%12)cc%11c%10c9)cc8c7c6)cc5c4c3)cc12. The van der Waals surface area contributed by atoms with Crippen LogP contribution in [0.4, 0.5) is 0 Å². The number of nitrogens with zero attached hydrogens (tertiary/aromatic N) is 2. The zero-order chi connectivity index (χ0) is 48.3. The van der Waals surface area contributed by atoms with E-state index in [0.29, 0.717) is 0 Å². The normalized spacial score (nSPS) is 11.5. The number of hydrogen-bond donors (Lipinski definition) is 0. The topological polar surface area (TPSA) is 25.8 Å². The summed E-state index contributed by atoms with van der Waals surface area (Å²) < 4.78 is 11.7. The molecule has 7 heteroatoms. The van der Waals surface area contributed by atoms with E-state index in [0.717, 1.165) is 10.3 Å². The van der Waals surface area contributed by atoms with Crippen LogP contribution < -0.4 is 0 Å². The van der Waals surface area contributed by atoms with E-state index in [1.165, 1.54) is 135 Å². The molecule has 7 heterocycles. The largest absolute Gasteiger partial charge is 0.255 e. The number of aromatic nitrogens is 2. The smallest absolute Gasteiger partial charge is 0.124 e. The number of pyridine rings is 2. The van der Waals surface area contributed by atoms with Crippen LogP contribution in [0.3, 0.4) is 0 Å². The van der Waals surface area contributed by atoms with Crippen LogP contribution in [0.2, 0.25) is 0 Å². The summed E-state index contributed by atoms with van der Waals surface area (Å²) in [5, 5.41) is 11.6. The lowest BCUT2D eigenvalue weighted by Crippen LogP contribution is -1.80. The molecule has 0 fully saturated rings. The first kappa shape index (κ1) is 45.3. The molecule has 0 aliphatic carbocycles. The molecule has 0 bridgehead atoms. The van der Waals surface area contributed by atoms with E-state index in [9.17, 15) is 0 Å². The predicted molar refractivity (Wildman–Crippen MR) is 322 cm³/mol. The molecule has 0 aliphatic heterocycles. The van der Waals surface area contributed by atoms with E-state index in [4.69, 9.17) is 4.98 Å². The minimum atomic E-state index is 1.09. The average Bonchev–Trinajstić information content (AvgIpc) is 4.27. The minimum Gasteiger partial charge on any atom is -0.255 e. The number of hydrogen-bond acceptors (Lipinski definition) is 7. The van der Waals surface area contributed by atoms with Gasteiger partial charge in [-0.2, -0.15) is 0 Å². The first-order chi connectivity index (χ1) is 35.1. The van der Waals surface area contributed by atoms with Crippen molar-refractivity contribution in [3.05, 3.63) is 182 Å². The Kier molecular flexibility index (Phi) is 11.9. The van der Waals surface area contributed by atoms with Gasteiger partial charge in [-0.15, -0.1) is 56.7 Å². The van der Waals surface area contributed by atoms with E-state index in [1.807, 2.05) is 111 Å². The van der Waals surface area contributed by atoms with Crippen LogP contribution in [0.25, 0.3) is 146 Å². The fourth-order valence-corrected chi connectivity index (χ4v) is 15.2. The van der Waals surface area contributed by atoms with Gasteiger partial charge in [0.15, 0.2) is 0 Å². The molecule has 0 N–H and O–H groups in total. The second-order valence-electron chi connectivity index (χ2n) is 16.9. The molecule has 15 rings (SSSR count). The van der Waals surface area contributed by atoms with Crippen molar-refractivity contribution in [2.45, 2.75) is 41.5 Å². The quantitative estimate of drug-likeness (QED) is 0.176. The Morgan fingerprint density at radius 1 is 0.239 bits per heavy atom. The van der Waals surface area contributed by atoms with Crippen molar-refractivity contribution in [3.8, 4) is 44.5 Å². The van der Waals surface area contributed by atoms with Gasteiger partial charge in [-0.1, -0.05) is 90.1 Å². The molecular weight excluding hydrogens is 957 g/mol. The van der Waals surface area contributed by atoms with E-state index in [1.54, 1.807) is 11.3 Å². The molecule has 0 saturated carbocycles. The lowest BCUT2D eigenvalue weighted by atomic mass is 9.97. The van der Waals surface area contributed by atoms with E-state index >= 15 is 0 Å². The molecule has 0 atom stereocenters. The fourth-order valence-electron chi connectivity index (χ4n) is 9.98. The maximum absolute atomic E-state index is 4.73. The molecule has 0 saturated heterocycles. The Balaban J connectivity index is 0.000000833. The van der Waals surface area contributed by atoms with Crippen LogP contribution in [0, 0.1) is 0 Å².